The van der Waals surface area contributed by atoms with E-state index < -0.39 is 0 Å². The van der Waals surface area contributed by atoms with E-state index in [0.29, 0.717) is 16.2 Å². The lowest BCUT2D eigenvalue weighted by Gasteiger charge is -2.14. The molecule has 2 aromatic carbocycles. The number of nitrogens with two attached hydrogens (primary N) is 1. The fraction of sp³-hybridized carbons (Fsp3) is 0.100. The third kappa shape index (κ3) is 3.81. The zero-order chi connectivity index (χ0) is 17.7. The van der Waals surface area contributed by atoms with Crippen LogP contribution in [0.1, 0.15) is 16.7 Å². The Labute approximate surface area is 147 Å². The predicted molar refractivity (Wildman–Crippen MR) is 104 cm³/mol. The number of aliphatic imine (C=N–C) groups is 1. The molecule has 0 aliphatic heterocycles. The number of hydrogen-bond acceptors (Lipinski definition) is 2. The average molecular weight is 338 g/mol. The number of aryl methyl sites for hydroxylation is 1. The molecule has 0 aromatic heterocycles. The lowest BCUT2D eigenvalue weighted by molar-refractivity contribution is 1.38. The molecule has 0 saturated heterocycles. The van der Waals surface area contributed by atoms with Crippen LogP contribution in [0, 0.1) is 12.3 Å². The van der Waals surface area contributed by atoms with Gasteiger partial charge < -0.3 is 5.73 Å². The molecule has 4 heteroatoms. The first-order valence-electron chi connectivity index (χ1n) is 7.48. The quantitative estimate of drug-likeness (QED) is 0.469. The van der Waals surface area contributed by atoms with Crippen LogP contribution in [0.4, 0.5) is 0 Å². The highest BCUT2D eigenvalue weighted by Gasteiger charge is 2.19. The summed E-state index contributed by atoms with van der Waals surface area (Å²) in [5.74, 6) is 0.211. The topological polar surface area (TPSA) is 62.2 Å². The van der Waals surface area contributed by atoms with Gasteiger partial charge in [0.2, 0.25) is 0 Å². The van der Waals surface area contributed by atoms with Crippen LogP contribution >= 0.6 is 11.6 Å². The van der Waals surface area contributed by atoms with E-state index in [1.165, 1.54) is 0 Å². The molecule has 0 fully saturated rings. The molecule has 122 valence electrons. The molecule has 3 N–H and O–H groups in total. The Morgan fingerprint density at radius 2 is 1.62 bits per heavy atom. The number of nitrogens with one attached hydrogen (secondary N) is 1. The fourth-order valence-electron chi connectivity index (χ4n) is 2.24. The van der Waals surface area contributed by atoms with Crippen LogP contribution in [0.5, 0.6) is 0 Å². The van der Waals surface area contributed by atoms with Gasteiger partial charge in [0.25, 0.3) is 0 Å². The van der Waals surface area contributed by atoms with E-state index in [-0.39, 0.29) is 11.5 Å². The smallest absolute Gasteiger partial charge is 0.129 e. The summed E-state index contributed by atoms with van der Waals surface area (Å²) in [6, 6.07) is 17.2. The fourth-order valence-corrected chi connectivity index (χ4v) is 2.54. The molecule has 3 nitrogen and oxygen atoms in total. The number of hydrogen-bond donors (Lipinski definition) is 2. The Balaban J connectivity index is 2.53. The van der Waals surface area contributed by atoms with Crippen molar-refractivity contribution in [2.75, 3.05) is 7.05 Å². The van der Waals surface area contributed by atoms with Crippen LogP contribution < -0.4 is 5.73 Å². The highest BCUT2D eigenvalue weighted by atomic mass is 35.5. The summed E-state index contributed by atoms with van der Waals surface area (Å²) in [6.45, 7) is 6.05. The normalized spacial score (nSPS) is 12.5. The van der Waals surface area contributed by atoms with Crippen molar-refractivity contribution in [1.82, 2.24) is 0 Å². The Kier molecular flexibility index (Phi) is 5.72. The van der Waals surface area contributed by atoms with E-state index in [2.05, 4.69) is 11.6 Å². The van der Waals surface area contributed by atoms with Crippen molar-refractivity contribution in [2.45, 2.75) is 6.92 Å². The molecule has 0 radical (unpaired) electrons. The molecular formula is C20H20ClN3. The minimum absolute atomic E-state index is 0.211. The first kappa shape index (κ1) is 17.7. The molecule has 0 saturated carbocycles. The maximum atomic E-state index is 8.53. The van der Waals surface area contributed by atoms with Crippen molar-refractivity contribution >= 4 is 28.7 Å². The molecule has 0 amide bonds. The van der Waals surface area contributed by atoms with Gasteiger partial charge in [-0.05, 0) is 18.1 Å². The van der Waals surface area contributed by atoms with Gasteiger partial charge >= 0.3 is 0 Å². The lowest BCUT2D eigenvalue weighted by atomic mass is 9.96. The molecule has 24 heavy (non-hydrogen) atoms. The van der Waals surface area contributed by atoms with Crippen LogP contribution in [-0.2, 0) is 0 Å². The summed E-state index contributed by atoms with van der Waals surface area (Å²) in [5, 5.41) is 8.86. The zero-order valence-electron chi connectivity index (χ0n) is 13.8. The van der Waals surface area contributed by atoms with E-state index in [4.69, 9.17) is 22.7 Å². The van der Waals surface area contributed by atoms with Gasteiger partial charge in [0.15, 0.2) is 0 Å². The maximum Gasteiger partial charge on any atom is 0.129 e. The minimum atomic E-state index is 0.211. The summed E-state index contributed by atoms with van der Waals surface area (Å²) >= 11 is 6.56. The van der Waals surface area contributed by atoms with Crippen molar-refractivity contribution in [3.8, 4) is 0 Å². The first-order valence-corrected chi connectivity index (χ1v) is 7.86. The van der Waals surface area contributed by atoms with Gasteiger partial charge in [0, 0.05) is 12.6 Å². The zero-order valence-corrected chi connectivity index (χ0v) is 14.6. The molecule has 2 rings (SSSR count). The second kappa shape index (κ2) is 7.75. The van der Waals surface area contributed by atoms with Gasteiger partial charge in [-0.3, -0.25) is 10.4 Å². The van der Waals surface area contributed by atoms with Crippen LogP contribution in [0.25, 0.3) is 5.57 Å². The van der Waals surface area contributed by atoms with Crippen molar-refractivity contribution in [2.24, 2.45) is 10.7 Å². The molecule has 0 bridgehead atoms. The van der Waals surface area contributed by atoms with Gasteiger partial charge in [-0.1, -0.05) is 78.3 Å². The Bertz CT molecular complexity index is 816. The molecule has 0 unspecified atom stereocenters. The monoisotopic (exact) mass is 337 g/mol. The number of nitrogens with zero attached hydrogens (tertiary/aromatic N) is 1. The molecule has 0 spiro atoms. The number of rotatable bonds is 5. The van der Waals surface area contributed by atoms with Crippen molar-refractivity contribution in [1.29, 1.82) is 5.41 Å². The summed E-state index contributed by atoms with van der Waals surface area (Å²) in [7, 11) is 1.58. The second-order valence-electron chi connectivity index (χ2n) is 5.38. The Hall–Kier alpha value is -2.65. The summed E-state index contributed by atoms with van der Waals surface area (Å²) in [4.78, 5) is 4.02. The highest BCUT2D eigenvalue weighted by Crippen LogP contribution is 2.29. The van der Waals surface area contributed by atoms with E-state index in [0.717, 1.165) is 16.7 Å². The summed E-state index contributed by atoms with van der Waals surface area (Å²) < 4.78 is 0. The van der Waals surface area contributed by atoms with Crippen molar-refractivity contribution in [3.63, 3.8) is 0 Å². The van der Waals surface area contributed by atoms with Gasteiger partial charge in [-0.2, -0.15) is 0 Å². The van der Waals surface area contributed by atoms with Gasteiger partial charge in [-0.25, -0.2) is 0 Å². The average Bonchev–Trinajstić information content (AvgIpc) is 2.62. The number of benzene rings is 2. The van der Waals surface area contributed by atoms with Crippen LogP contribution in [0.3, 0.4) is 0 Å². The van der Waals surface area contributed by atoms with E-state index in [9.17, 15) is 0 Å². The van der Waals surface area contributed by atoms with Crippen LogP contribution in [-0.4, -0.2) is 18.6 Å². The maximum absolute atomic E-state index is 8.53. The third-order valence-corrected chi connectivity index (χ3v) is 4.11. The molecule has 2 aromatic rings. The van der Waals surface area contributed by atoms with E-state index >= 15 is 0 Å². The SMILES string of the molecule is C=C(/C(Cl)=C(/C(=N)c1ccc(C)cc1)C(N)=NC)c1ccccc1. The highest BCUT2D eigenvalue weighted by molar-refractivity contribution is 6.44. The third-order valence-electron chi connectivity index (χ3n) is 3.69. The largest absolute Gasteiger partial charge is 0.383 e. The van der Waals surface area contributed by atoms with Crippen LogP contribution in [0.2, 0.25) is 0 Å². The minimum Gasteiger partial charge on any atom is -0.383 e. The van der Waals surface area contributed by atoms with E-state index in [1.807, 2.05) is 61.5 Å². The Morgan fingerprint density at radius 3 is 2.17 bits per heavy atom. The predicted octanol–water partition coefficient (Wildman–Crippen LogP) is 4.56. The van der Waals surface area contributed by atoms with Crippen LogP contribution in [0.15, 0.2) is 76.8 Å². The standard InChI is InChI=1S/C20H20ClN3/c1-13-9-11-16(12-10-13)19(22)17(20(23)24-3)18(21)14(2)15-7-5-4-6-8-15/h4-12,22H,2H2,1,3H3,(H2,23,24)/b18-17+,22-19?. The summed E-state index contributed by atoms with van der Waals surface area (Å²) in [6.07, 6.45) is 0. The second-order valence-corrected chi connectivity index (χ2v) is 5.76. The number of allylic oxidation sites excluding steroid dienone is 2. The lowest BCUT2D eigenvalue weighted by Crippen LogP contribution is -2.23. The van der Waals surface area contributed by atoms with Gasteiger partial charge in [-0.15, -0.1) is 0 Å². The first-order chi connectivity index (χ1) is 11.5. The molecule has 0 aliphatic carbocycles. The van der Waals surface area contributed by atoms with Crippen molar-refractivity contribution in [3.05, 3.63) is 88.5 Å². The van der Waals surface area contributed by atoms with E-state index in [1.54, 1.807) is 7.05 Å². The number of amidine groups is 1. The van der Waals surface area contributed by atoms with Crippen molar-refractivity contribution < 1.29 is 0 Å². The molecule has 0 atom stereocenters. The Morgan fingerprint density at radius 1 is 1.04 bits per heavy atom. The molecule has 0 aliphatic rings. The summed E-state index contributed by atoms with van der Waals surface area (Å²) in [5.41, 5.74) is 9.96. The van der Waals surface area contributed by atoms with Gasteiger partial charge in [0.05, 0.1) is 16.3 Å². The number of halogens is 1. The molecular weight excluding hydrogens is 318 g/mol. The molecule has 0 heterocycles. The van der Waals surface area contributed by atoms with Gasteiger partial charge in [0.1, 0.15) is 5.84 Å².